The standard InChI is InChI=1S/C20H21ClN4OS/c1-12-10-17(13(2)25(12)16-8-9-16)18(26)11-27-20-23-22-19(24(20)3)14-4-6-15(21)7-5-14/h4-7,10,16H,8-9,11H2,1-3H3. The molecule has 0 bridgehead atoms. The lowest BCUT2D eigenvalue weighted by Crippen LogP contribution is -2.06. The van der Waals surface area contributed by atoms with Crippen molar-refractivity contribution in [2.45, 2.75) is 37.9 Å². The van der Waals surface area contributed by atoms with Gasteiger partial charge in [-0.25, -0.2) is 0 Å². The fourth-order valence-electron chi connectivity index (χ4n) is 3.45. The smallest absolute Gasteiger partial charge is 0.191 e. The molecule has 0 atom stereocenters. The first-order chi connectivity index (χ1) is 13.0. The van der Waals surface area contributed by atoms with E-state index in [1.165, 1.54) is 30.3 Å². The summed E-state index contributed by atoms with van der Waals surface area (Å²) in [6.45, 7) is 4.13. The van der Waals surface area contributed by atoms with Gasteiger partial charge in [-0.2, -0.15) is 0 Å². The van der Waals surface area contributed by atoms with E-state index in [1.54, 1.807) is 0 Å². The van der Waals surface area contributed by atoms with Crippen molar-refractivity contribution in [3.8, 4) is 11.4 Å². The van der Waals surface area contributed by atoms with Gasteiger partial charge in [0.25, 0.3) is 0 Å². The second-order valence-corrected chi connectivity index (χ2v) is 8.35. The molecule has 0 amide bonds. The number of thioether (sulfide) groups is 1. The van der Waals surface area contributed by atoms with Gasteiger partial charge in [0.15, 0.2) is 16.8 Å². The Morgan fingerprint density at radius 2 is 1.93 bits per heavy atom. The second kappa shape index (κ2) is 7.17. The number of benzene rings is 1. The van der Waals surface area contributed by atoms with Crippen molar-refractivity contribution in [3.63, 3.8) is 0 Å². The predicted octanol–water partition coefficient (Wildman–Crippen LogP) is 4.86. The molecule has 0 unspecified atom stereocenters. The van der Waals surface area contributed by atoms with E-state index < -0.39 is 0 Å². The molecule has 7 heteroatoms. The maximum absolute atomic E-state index is 12.8. The Bertz CT molecular complexity index is 1000. The Labute approximate surface area is 167 Å². The molecular weight excluding hydrogens is 380 g/mol. The van der Waals surface area contributed by atoms with E-state index in [2.05, 4.69) is 21.7 Å². The van der Waals surface area contributed by atoms with Crippen LogP contribution in [-0.4, -0.2) is 30.9 Å². The first kappa shape index (κ1) is 18.3. The molecule has 4 rings (SSSR count). The number of Topliss-reactive ketones (excluding diaryl/α,β-unsaturated/α-hetero) is 1. The number of ketones is 1. The molecule has 2 aromatic heterocycles. The topological polar surface area (TPSA) is 52.7 Å². The van der Waals surface area contributed by atoms with Gasteiger partial charge in [0.2, 0.25) is 0 Å². The van der Waals surface area contributed by atoms with Crippen LogP contribution < -0.4 is 0 Å². The molecule has 1 aliphatic rings. The summed E-state index contributed by atoms with van der Waals surface area (Å²) in [5, 5.41) is 9.93. The molecule has 0 aliphatic heterocycles. The minimum atomic E-state index is 0.135. The number of nitrogens with zero attached hydrogens (tertiary/aromatic N) is 4. The quantitative estimate of drug-likeness (QED) is 0.437. The van der Waals surface area contributed by atoms with Gasteiger partial charge in [-0.15, -0.1) is 10.2 Å². The Morgan fingerprint density at radius 1 is 1.22 bits per heavy atom. The molecule has 27 heavy (non-hydrogen) atoms. The molecule has 0 saturated heterocycles. The monoisotopic (exact) mass is 400 g/mol. The Hall–Kier alpha value is -2.05. The average Bonchev–Trinajstić information content (AvgIpc) is 3.34. The van der Waals surface area contributed by atoms with Crippen molar-refractivity contribution in [2.75, 3.05) is 5.75 Å². The van der Waals surface area contributed by atoms with Crippen molar-refractivity contribution in [1.82, 2.24) is 19.3 Å². The molecule has 0 spiro atoms. The summed E-state index contributed by atoms with van der Waals surface area (Å²) in [6.07, 6.45) is 2.43. The molecule has 1 aliphatic carbocycles. The fourth-order valence-corrected chi connectivity index (χ4v) is 4.37. The molecule has 2 heterocycles. The zero-order chi connectivity index (χ0) is 19.1. The summed E-state index contributed by atoms with van der Waals surface area (Å²) in [4.78, 5) is 12.8. The summed E-state index contributed by atoms with van der Waals surface area (Å²) in [6, 6.07) is 10.1. The number of hydrogen-bond acceptors (Lipinski definition) is 4. The third kappa shape index (κ3) is 3.56. The summed E-state index contributed by atoms with van der Waals surface area (Å²) in [5.41, 5.74) is 4.03. The maximum Gasteiger partial charge on any atom is 0.191 e. The highest BCUT2D eigenvalue weighted by Crippen LogP contribution is 2.38. The van der Waals surface area contributed by atoms with E-state index in [-0.39, 0.29) is 5.78 Å². The van der Waals surface area contributed by atoms with E-state index in [0.29, 0.717) is 16.8 Å². The highest BCUT2D eigenvalue weighted by atomic mass is 35.5. The van der Waals surface area contributed by atoms with Crippen molar-refractivity contribution in [1.29, 1.82) is 0 Å². The predicted molar refractivity (Wildman–Crippen MR) is 109 cm³/mol. The van der Waals surface area contributed by atoms with Gasteiger partial charge in [0.05, 0.1) is 5.75 Å². The highest BCUT2D eigenvalue weighted by molar-refractivity contribution is 7.99. The van der Waals surface area contributed by atoms with Crippen LogP contribution in [0.4, 0.5) is 0 Å². The third-order valence-corrected chi connectivity index (χ3v) is 6.24. The van der Waals surface area contributed by atoms with Crippen molar-refractivity contribution >= 4 is 29.1 Å². The van der Waals surface area contributed by atoms with Gasteiger partial charge in [0, 0.05) is 40.6 Å². The van der Waals surface area contributed by atoms with Crippen LogP contribution >= 0.6 is 23.4 Å². The van der Waals surface area contributed by atoms with Gasteiger partial charge < -0.3 is 9.13 Å². The lowest BCUT2D eigenvalue weighted by Gasteiger charge is -2.07. The van der Waals surface area contributed by atoms with Crippen LogP contribution in [0.2, 0.25) is 5.02 Å². The van der Waals surface area contributed by atoms with E-state index in [9.17, 15) is 4.79 Å². The number of halogens is 1. The molecule has 1 saturated carbocycles. The zero-order valence-electron chi connectivity index (χ0n) is 15.6. The number of carbonyl (C=O) groups is 1. The van der Waals surface area contributed by atoms with Crippen LogP contribution in [0.25, 0.3) is 11.4 Å². The normalized spacial score (nSPS) is 13.9. The average molecular weight is 401 g/mol. The largest absolute Gasteiger partial charge is 0.345 e. The number of aromatic nitrogens is 4. The fraction of sp³-hybridized carbons (Fsp3) is 0.350. The van der Waals surface area contributed by atoms with Crippen LogP contribution in [0, 0.1) is 13.8 Å². The molecular formula is C20H21ClN4OS. The molecule has 1 fully saturated rings. The molecule has 3 aromatic rings. The molecule has 0 N–H and O–H groups in total. The number of rotatable bonds is 6. The summed E-state index contributed by atoms with van der Waals surface area (Å²) >= 11 is 7.37. The number of aryl methyl sites for hydroxylation is 1. The minimum Gasteiger partial charge on any atom is -0.345 e. The van der Waals surface area contributed by atoms with Crippen LogP contribution in [0.5, 0.6) is 0 Å². The van der Waals surface area contributed by atoms with Gasteiger partial charge >= 0.3 is 0 Å². The Kier molecular flexibility index (Phi) is 4.86. The first-order valence-electron chi connectivity index (χ1n) is 8.95. The number of carbonyl (C=O) groups excluding carboxylic acids is 1. The summed E-state index contributed by atoms with van der Waals surface area (Å²) in [7, 11) is 1.91. The van der Waals surface area contributed by atoms with Gasteiger partial charge in [-0.3, -0.25) is 4.79 Å². The zero-order valence-corrected chi connectivity index (χ0v) is 17.1. The second-order valence-electron chi connectivity index (χ2n) is 6.97. The van der Waals surface area contributed by atoms with Crippen molar-refractivity contribution < 1.29 is 4.79 Å². The molecule has 0 radical (unpaired) electrons. The Morgan fingerprint density at radius 3 is 2.59 bits per heavy atom. The van der Waals surface area contributed by atoms with E-state index in [1.807, 2.05) is 48.9 Å². The highest BCUT2D eigenvalue weighted by Gasteiger charge is 2.28. The summed E-state index contributed by atoms with van der Waals surface area (Å²) in [5.74, 6) is 1.24. The summed E-state index contributed by atoms with van der Waals surface area (Å²) < 4.78 is 4.22. The van der Waals surface area contributed by atoms with Crippen LogP contribution in [-0.2, 0) is 7.05 Å². The van der Waals surface area contributed by atoms with E-state index in [4.69, 9.17) is 11.6 Å². The van der Waals surface area contributed by atoms with Crippen molar-refractivity contribution in [2.24, 2.45) is 7.05 Å². The van der Waals surface area contributed by atoms with Crippen LogP contribution in [0.3, 0.4) is 0 Å². The van der Waals surface area contributed by atoms with E-state index >= 15 is 0 Å². The van der Waals surface area contributed by atoms with E-state index in [0.717, 1.165) is 27.8 Å². The van der Waals surface area contributed by atoms with Crippen molar-refractivity contribution in [3.05, 3.63) is 52.3 Å². The van der Waals surface area contributed by atoms with Crippen LogP contribution in [0.1, 0.15) is 40.6 Å². The lowest BCUT2D eigenvalue weighted by molar-refractivity contribution is 0.102. The number of hydrogen-bond donors (Lipinski definition) is 0. The lowest BCUT2D eigenvalue weighted by atomic mass is 10.2. The van der Waals surface area contributed by atoms with Gasteiger partial charge in [-0.05, 0) is 57.0 Å². The maximum atomic E-state index is 12.8. The third-order valence-electron chi connectivity index (χ3n) is 4.97. The van der Waals surface area contributed by atoms with Gasteiger partial charge in [-0.1, -0.05) is 23.4 Å². The van der Waals surface area contributed by atoms with Gasteiger partial charge in [0.1, 0.15) is 0 Å². The molecule has 140 valence electrons. The first-order valence-corrected chi connectivity index (χ1v) is 10.3. The van der Waals surface area contributed by atoms with Crippen LogP contribution in [0.15, 0.2) is 35.5 Å². The molecule has 1 aromatic carbocycles. The minimum absolute atomic E-state index is 0.135. The Balaban J connectivity index is 1.48. The SMILES string of the molecule is Cc1cc(C(=O)CSc2nnc(-c3ccc(Cl)cc3)n2C)c(C)n1C1CC1. The molecule has 5 nitrogen and oxygen atoms in total.